The molecule has 168 valence electrons. The number of hydrogen-bond acceptors (Lipinski definition) is 7. The number of rotatable bonds is 8. The monoisotopic (exact) mass is 462 g/mol. The van der Waals surface area contributed by atoms with Gasteiger partial charge in [-0.05, 0) is 30.2 Å². The molecule has 0 radical (unpaired) electrons. The molecular formula is C21H21F3N6OS. The van der Waals surface area contributed by atoms with Gasteiger partial charge in [0, 0.05) is 5.69 Å². The minimum atomic E-state index is -4.56. The lowest BCUT2D eigenvalue weighted by Crippen LogP contribution is -2.18. The average Bonchev–Trinajstić information content (AvgIpc) is 2.73. The highest BCUT2D eigenvalue weighted by Gasteiger charge is 2.33. The number of nitrogens with two attached hydrogens (primary N) is 1. The van der Waals surface area contributed by atoms with Gasteiger partial charge in [-0.3, -0.25) is 4.79 Å². The van der Waals surface area contributed by atoms with E-state index < -0.39 is 17.6 Å². The summed E-state index contributed by atoms with van der Waals surface area (Å²) in [5, 5.41) is 5.42. The minimum Gasteiger partial charge on any atom is -0.368 e. The fourth-order valence-corrected chi connectivity index (χ4v) is 3.56. The summed E-state index contributed by atoms with van der Waals surface area (Å²) in [6.45, 7) is 2.03. The van der Waals surface area contributed by atoms with E-state index in [1.54, 1.807) is 0 Å². The molecular weight excluding hydrogens is 441 g/mol. The standard InChI is InChI=1S/C21H21F3N6OS/c1-2-13-7-3-5-9-15(13)27-20-29-17(28-19(25)30-20)11-32-12-18(31)26-16-10-6-4-8-14(16)21(22,23)24/h3-10H,2,11-12H2,1H3,(H,26,31)(H3,25,27,28,29,30). The van der Waals surface area contributed by atoms with Crippen molar-refractivity contribution in [3.63, 3.8) is 0 Å². The van der Waals surface area contributed by atoms with E-state index in [9.17, 15) is 18.0 Å². The zero-order chi connectivity index (χ0) is 23.1. The zero-order valence-corrected chi connectivity index (χ0v) is 17.9. The van der Waals surface area contributed by atoms with Crippen LogP contribution in [0.4, 0.5) is 36.4 Å². The summed E-state index contributed by atoms with van der Waals surface area (Å²) in [4.78, 5) is 24.6. The molecule has 4 N–H and O–H groups in total. The number of nitrogens with one attached hydrogen (secondary N) is 2. The maximum absolute atomic E-state index is 13.1. The molecule has 1 heterocycles. The van der Waals surface area contributed by atoms with Crippen molar-refractivity contribution in [1.82, 2.24) is 15.0 Å². The maximum Gasteiger partial charge on any atom is 0.418 e. The van der Waals surface area contributed by atoms with E-state index in [2.05, 4.69) is 25.6 Å². The van der Waals surface area contributed by atoms with Gasteiger partial charge in [0.05, 0.1) is 22.8 Å². The summed E-state index contributed by atoms with van der Waals surface area (Å²) in [5.74, 6) is 0.226. The highest BCUT2D eigenvalue weighted by Crippen LogP contribution is 2.34. The quantitative estimate of drug-likeness (QED) is 0.447. The van der Waals surface area contributed by atoms with Crippen LogP contribution in [0.25, 0.3) is 0 Å². The van der Waals surface area contributed by atoms with Crippen LogP contribution >= 0.6 is 11.8 Å². The molecule has 0 aliphatic rings. The number of aromatic nitrogens is 3. The van der Waals surface area contributed by atoms with Crippen molar-refractivity contribution in [3.8, 4) is 0 Å². The Hall–Kier alpha value is -3.34. The van der Waals surface area contributed by atoms with Gasteiger partial charge in [-0.25, -0.2) is 0 Å². The predicted octanol–water partition coefficient (Wildman–Crippen LogP) is 4.65. The van der Waals surface area contributed by atoms with Gasteiger partial charge in [-0.15, -0.1) is 11.8 Å². The van der Waals surface area contributed by atoms with Crippen LogP contribution in [0.5, 0.6) is 0 Å². The van der Waals surface area contributed by atoms with Crippen molar-refractivity contribution in [2.24, 2.45) is 0 Å². The first-order chi connectivity index (χ1) is 15.3. The van der Waals surface area contributed by atoms with Gasteiger partial charge in [-0.2, -0.15) is 28.1 Å². The number of carbonyl (C=O) groups excluding carboxylic acids is 1. The van der Waals surface area contributed by atoms with E-state index in [0.717, 1.165) is 35.5 Å². The molecule has 0 saturated heterocycles. The summed E-state index contributed by atoms with van der Waals surface area (Å²) in [5.41, 5.74) is 6.53. The first-order valence-corrected chi connectivity index (χ1v) is 10.8. The van der Waals surface area contributed by atoms with Gasteiger partial charge in [0.15, 0.2) is 0 Å². The van der Waals surface area contributed by atoms with E-state index in [4.69, 9.17) is 5.73 Å². The number of thioether (sulfide) groups is 1. The number of aryl methyl sites for hydroxylation is 1. The topological polar surface area (TPSA) is 106 Å². The molecule has 0 unspecified atom stereocenters. The second-order valence-corrected chi connectivity index (χ2v) is 7.64. The molecule has 3 rings (SSSR count). The number of carbonyl (C=O) groups is 1. The lowest BCUT2D eigenvalue weighted by Gasteiger charge is -2.13. The third kappa shape index (κ3) is 6.33. The third-order valence-corrected chi connectivity index (χ3v) is 5.24. The van der Waals surface area contributed by atoms with Crippen LogP contribution in [0.15, 0.2) is 48.5 Å². The van der Waals surface area contributed by atoms with Crippen LogP contribution < -0.4 is 16.4 Å². The Morgan fingerprint density at radius 3 is 2.44 bits per heavy atom. The van der Waals surface area contributed by atoms with E-state index in [-0.39, 0.29) is 29.1 Å². The minimum absolute atomic E-state index is 0.0237. The predicted molar refractivity (Wildman–Crippen MR) is 120 cm³/mol. The normalized spacial score (nSPS) is 11.2. The Kier molecular flexibility index (Phi) is 7.52. The van der Waals surface area contributed by atoms with Crippen molar-refractivity contribution in [3.05, 3.63) is 65.5 Å². The van der Waals surface area contributed by atoms with Crippen LogP contribution in [0, 0.1) is 0 Å². The number of para-hydroxylation sites is 2. The molecule has 2 aromatic carbocycles. The SMILES string of the molecule is CCc1ccccc1Nc1nc(N)nc(CSCC(=O)Nc2ccccc2C(F)(F)F)n1. The number of amides is 1. The van der Waals surface area contributed by atoms with E-state index in [0.29, 0.717) is 5.82 Å². The first kappa shape index (κ1) is 23.3. The number of nitrogens with zero attached hydrogens (tertiary/aromatic N) is 3. The second kappa shape index (κ2) is 10.3. The van der Waals surface area contributed by atoms with Gasteiger partial charge in [0.25, 0.3) is 0 Å². The fraction of sp³-hybridized carbons (Fsp3) is 0.238. The van der Waals surface area contributed by atoms with Crippen LogP contribution in [0.1, 0.15) is 23.9 Å². The summed E-state index contributed by atoms with van der Waals surface area (Å²) in [6, 6.07) is 12.5. The molecule has 7 nitrogen and oxygen atoms in total. The maximum atomic E-state index is 13.1. The number of alkyl halides is 3. The molecule has 3 aromatic rings. The third-order valence-electron chi connectivity index (χ3n) is 4.31. The number of benzene rings is 2. The summed E-state index contributed by atoms with van der Waals surface area (Å²) in [7, 11) is 0. The highest BCUT2D eigenvalue weighted by molar-refractivity contribution is 7.99. The molecule has 0 spiro atoms. The molecule has 1 aromatic heterocycles. The van der Waals surface area contributed by atoms with Gasteiger partial charge in [-0.1, -0.05) is 37.3 Å². The molecule has 0 atom stereocenters. The number of halogens is 3. The Labute approximate surface area is 187 Å². The first-order valence-electron chi connectivity index (χ1n) is 9.65. The largest absolute Gasteiger partial charge is 0.418 e. The molecule has 0 saturated carbocycles. The van der Waals surface area contributed by atoms with Crippen molar-refractivity contribution >= 4 is 40.9 Å². The Morgan fingerprint density at radius 2 is 1.72 bits per heavy atom. The highest BCUT2D eigenvalue weighted by atomic mass is 32.2. The van der Waals surface area contributed by atoms with Gasteiger partial charge >= 0.3 is 6.18 Å². The Morgan fingerprint density at radius 1 is 1.03 bits per heavy atom. The lowest BCUT2D eigenvalue weighted by molar-refractivity contribution is -0.137. The number of hydrogen-bond donors (Lipinski definition) is 3. The van der Waals surface area contributed by atoms with E-state index in [1.165, 1.54) is 18.2 Å². The smallest absolute Gasteiger partial charge is 0.368 e. The molecule has 0 bridgehead atoms. The lowest BCUT2D eigenvalue weighted by atomic mass is 10.1. The number of anilines is 4. The van der Waals surface area contributed by atoms with E-state index >= 15 is 0 Å². The van der Waals surface area contributed by atoms with Gasteiger partial charge in [0.2, 0.25) is 17.8 Å². The molecule has 0 aliphatic heterocycles. The summed E-state index contributed by atoms with van der Waals surface area (Å²) in [6.07, 6.45) is -3.74. The van der Waals surface area contributed by atoms with Crippen LogP contribution in [-0.4, -0.2) is 26.6 Å². The second-order valence-electron chi connectivity index (χ2n) is 6.65. The number of nitrogen functional groups attached to an aromatic ring is 1. The van der Waals surface area contributed by atoms with Crippen LogP contribution in [0.2, 0.25) is 0 Å². The van der Waals surface area contributed by atoms with Crippen LogP contribution in [-0.2, 0) is 23.1 Å². The van der Waals surface area contributed by atoms with Crippen molar-refractivity contribution < 1.29 is 18.0 Å². The van der Waals surface area contributed by atoms with Crippen LogP contribution in [0.3, 0.4) is 0 Å². The Balaban J connectivity index is 1.60. The molecule has 0 fully saturated rings. The van der Waals surface area contributed by atoms with Crippen molar-refractivity contribution in [2.45, 2.75) is 25.3 Å². The van der Waals surface area contributed by atoms with Gasteiger partial charge < -0.3 is 16.4 Å². The molecule has 11 heteroatoms. The summed E-state index contributed by atoms with van der Waals surface area (Å²) >= 11 is 1.15. The fourth-order valence-electron chi connectivity index (χ4n) is 2.89. The van der Waals surface area contributed by atoms with Crippen molar-refractivity contribution in [2.75, 3.05) is 22.1 Å². The Bertz CT molecular complexity index is 1090. The molecule has 1 amide bonds. The molecule has 0 aliphatic carbocycles. The van der Waals surface area contributed by atoms with Gasteiger partial charge in [0.1, 0.15) is 5.82 Å². The molecule has 32 heavy (non-hydrogen) atoms. The van der Waals surface area contributed by atoms with Crippen molar-refractivity contribution in [1.29, 1.82) is 0 Å². The summed E-state index contributed by atoms with van der Waals surface area (Å²) < 4.78 is 39.2. The average molecular weight is 463 g/mol. The zero-order valence-electron chi connectivity index (χ0n) is 17.1. The van der Waals surface area contributed by atoms with E-state index in [1.807, 2.05) is 31.2 Å².